The van der Waals surface area contributed by atoms with Crippen molar-refractivity contribution in [1.82, 2.24) is 9.97 Å². The predicted octanol–water partition coefficient (Wildman–Crippen LogP) is 2.22. The lowest BCUT2D eigenvalue weighted by atomic mass is 10.2. The van der Waals surface area contributed by atoms with Crippen LogP contribution in [0.1, 0.15) is 43.3 Å². The number of aryl methyl sites for hydroxylation is 2. The quantitative estimate of drug-likeness (QED) is 0.592. The Kier molecular flexibility index (Phi) is 4.11. The lowest BCUT2D eigenvalue weighted by Gasteiger charge is -2.02. The Morgan fingerprint density at radius 3 is 2.60 bits per heavy atom. The summed E-state index contributed by atoms with van der Waals surface area (Å²) in [6, 6.07) is 0. The van der Waals surface area contributed by atoms with Crippen LogP contribution in [0.15, 0.2) is 0 Å². The molecule has 3 heteroatoms. The predicted molar refractivity (Wildman–Crippen MR) is 62.3 cm³/mol. The van der Waals surface area contributed by atoms with Crippen LogP contribution in [0.3, 0.4) is 0 Å². The van der Waals surface area contributed by atoms with Gasteiger partial charge in [-0.15, -0.1) is 0 Å². The minimum atomic E-state index is 0.490. The van der Waals surface area contributed by atoms with E-state index in [1.54, 1.807) is 0 Å². The van der Waals surface area contributed by atoms with Gasteiger partial charge in [0, 0.05) is 6.42 Å². The van der Waals surface area contributed by atoms with E-state index in [1.165, 1.54) is 0 Å². The molecule has 0 aliphatic rings. The summed E-state index contributed by atoms with van der Waals surface area (Å²) in [4.78, 5) is 8.34. The zero-order valence-corrected chi connectivity index (χ0v) is 9.59. The average molecular weight is 203 g/mol. The van der Waals surface area contributed by atoms with Crippen molar-refractivity contribution in [1.29, 1.82) is 0 Å². The van der Waals surface area contributed by atoms with E-state index in [-0.39, 0.29) is 0 Å². The molecule has 1 aromatic heterocycles. The standard InChI is InChI=1S/C12H17N3/c1-4-5-6-7-8-11-9(2)14-10(3)15-12(11)13/h4-6H2,1-3H3,(H2,13,14,15). The Labute approximate surface area is 91.1 Å². The van der Waals surface area contributed by atoms with Crippen molar-refractivity contribution in [2.45, 2.75) is 40.0 Å². The maximum absolute atomic E-state index is 5.78. The number of anilines is 1. The second-order valence-corrected chi connectivity index (χ2v) is 3.52. The number of nitrogens with zero attached hydrogens (tertiary/aromatic N) is 2. The van der Waals surface area contributed by atoms with Crippen molar-refractivity contribution in [3.63, 3.8) is 0 Å². The smallest absolute Gasteiger partial charge is 0.143 e. The van der Waals surface area contributed by atoms with Crippen molar-refractivity contribution < 1.29 is 0 Å². The number of aromatic nitrogens is 2. The minimum Gasteiger partial charge on any atom is -0.383 e. The van der Waals surface area contributed by atoms with Gasteiger partial charge in [0.2, 0.25) is 0 Å². The molecule has 0 aliphatic carbocycles. The minimum absolute atomic E-state index is 0.490. The first-order chi connectivity index (χ1) is 7.15. The summed E-state index contributed by atoms with van der Waals surface area (Å²) >= 11 is 0. The van der Waals surface area contributed by atoms with Gasteiger partial charge in [-0.1, -0.05) is 25.2 Å². The molecule has 0 spiro atoms. The Bertz CT molecular complexity index is 376. The molecule has 0 aliphatic heterocycles. The van der Waals surface area contributed by atoms with Gasteiger partial charge in [-0.2, -0.15) is 0 Å². The van der Waals surface area contributed by atoms with Crippen LogP contribution in [0.25, 0.3) is 0 Å². The van der Waals surface area contributed by atoms with E-state index in [9.17, 15) is 0 Å². The second-order valence-electron chi connectivity index (χ2n) is 3.52. The summed E-state index contributed by atoms with van der Waals surface area (Å²) in [5.74, 6) is 7.33. The van der Waals surface area contributed by atoms with Gasteiger partial charge in [0.25, 0.3) is 0 Å². The van der Waals surface area contributed by atoms with Crippen LogP contribution in [0.5, 0.6) is 0 Å². The lowest BCUT2D eigenvalue weighted by molar-refractivity contribution is 0.828. The molecule has 1 heterocycles. The molecule has 0 aromatic carbocycles. The van der Waals surface area contributed by atoms with Crippen LogP contribution in [-0.2, 0) is 0 Å². The zero-order chi connectivity index (χ0) is 11.3. The highest BCUT2D eigenvalue weighted by molar-refractivity contribution is 5.53. The van der Waals surface area contributed by atoms with Gasteiger partial charge in [0.15, 0.2) is 0 Å². The highest BCUT2D eigenvalue weighted by Crippen LogP contribution is 2.10. The highest BCUT2D eigenvalue weighted by atomic mass is 14.9. The van der Waals surface area contributed by atoms with E-state index in [2.05, 4.69) is 28.7 Å². The third-order valence-electron chi connectivity index (χ3n) is 2.10. The molecule has 0 saturated heterocycles. The van der Waals surface area contributed by atoms with Gasteiger partial charge < -0.3 is 5.73 Å². The molecule has 15 heavy (non-hydrogen) atoms. The topological polar surface area (TPSA) is 51.8 Å². The van der Waals surface area contributed by atoms with Crippen LogP contribution in [0, 0.1) is 25.7 Å². The third-order valence-corrected chi connectivity index (χ3v) is 2.10. The lowest BCUT2D eigenvalue weighted by Crippen LogP contribution is -2.02. The average Bonchev–Trinajstić information content (AvgIpc) is 2.15. The molecule has 80 valence electrons. The molecule has 0 bridgehead atoms. The van der Waals surface area contributed by atoms with Gasteiger partial charge in [-0.05, 0) is 20.3 Å². The number of rotatable bonds is 2. The van der Waals surface area contributed by atoms with Crippen LogP contribution in [0.4, 0.5) is 5.82 Å². The first-order valence-corrected chi connectivity index (χ1v) is 5.24. The number of hydrogen-bond donors (Lipinski definition) is 1. The molecule has 0 fully saturated rings. The number of nitrogens with two attached hydrogens (primary N) is 1. The fraction of sp³-hybridized carbons (Fsp3) is 0.500. The van der Waals surface area contributed by atoms with Gasteiger partial charge in [-0.25, -0.2) is 9.97 Å². The summed E-state index contributed by atoms with van der Waals surface area (Å²) in [6.07, 6.45) is 3.19. The van der Waals surface area contributed by atoms with Crippen molar-refractivity contribution >= 4 is 5.82 Å². The van der Waals surface area contributed by atoms with Crippen molar-refractivity contribution in [3.8, 4) is 11.8 Å². The van der Waals surface area contributed by atoms with Crippen LogP contribution < -0.4 is 5.73 Å². The summed E-state index contributed by atoms with van der Waals surface area (Å²) in [6.45, 7) is 5.89. The molecule has 1 rings (SSSR count). The fourth-order valence-corrected chi connectivity index (χ4v) is 1.31. The summed E-state index contributed by atoms with van der Waals surface area (Å²) in [5.41, 5.74) is 7.42. The van der Waals surface area contributed by atoms with Crippen LogP contribution in [0.2, 0.25) is 0 Å². The Hall–Kier alpha value is -1.56. The maximum Gasteiger partial charge on any atom is 0.143 e. The van der Waals surface area contributed by atoms with E-state index >= 15 is 0 Å². The van der Waals surface area contributed by atoms with Gasteiger partial charge in [0.05, 0.1) is 11.3 Å². The van der Waals surface area contributed by atoms with Crippen LogP contribution >= 0.6 is 0 Å². The number of nitrogen functional groups attached to an aromatic ring is 1. The van der Waals surface area contributed by atoms with Gasteiger partial charge in [-0.3, -0.25) is 0 Å². The molecule has 1 aromatic rings. The molecule has 0 atom stereocenters. The third kappa shape index (κ3) is 3.25. The van der Waals surface area contributed by atoms with Crippen molar-refractivity contribution in [2.75, 3.05) is 5.73 Å². The Morgan fingerprint density at radius 1 is 1.27 bits per heavy atom. The van der Waals surface area contributed by atoms with Crippen molar-refractivity contribution in [2.24, 2.45) is 0 Å². The first kappa shape index (κ1) is 11.5. The van der Waals surface area contributed by atoms with E-state index < -0.39 is 0 Å². The van der Waals surface area contributed by atoms with Gasteiger partial charge >= 0.3 is 0 Å². The van der Waals surface area contributed by atoms with Crippen LogP contribution in [-0.4, -0.2) is 9.97 Å². The molecule has 0 amide bonds. The molecule has 2 N–H and O–H groups in total. The normalized spacial score (nSPS) is 9.53. The van der Waals surface area contributed by atoms with Crippen molar-refractivity contribution in [3.05, 3.63) is 17.1 Å². The van der Waals surface area contributed by atoms with E-state index in [0.717, 1.165) is 30.5 Å². The van der Waals surface area contributed by atoms with Gasteiger partial charge in [0.1, 0.15) is 11.6 Å². The summed E-state index contributed by atoms with van der Waals surface area (Å²) in [5, 5.41) is 0. The fourth-order valence-electron chi connectivity index (χ4n) is 1.31. The number of hydrogen-bond acceptors (Lipinski definition) is 3. The summed E-state index contributed by atoms with van der Waals surface area (Å²) < 4.78 is 0. The Morgan fingerprint density at radius 2 is 2.00 bits per heavy atom. The van der Waals surface area contributed by atoms with E-state index in [1.807, 2.05) is 13.8 Å². The highest BCUT2D eigenvalue weighted by Gasteiger charge is 2.03. The molecule has 0 saturated carbocycles. The molecular weight excluding hydrogens is 186 g/mol. The molecular formula is C12H17N3. The largest absolute Gasteiger partial charge is 0.383 e. The second kappa shape index (κ2) is 5.35. The monoisotopic (exact) mass is 203 g/mol. The Balaban J connectivity index is 2.88. The molecule has 3 nitrogen and oxygen atoms in total. The number of unbranched alkanes of at least 4 members (excludes halogenated alkanes) is 2. The maximum atomic E-state index is 5.78. The first-order valence-electron chi connectivity index (χ1n) is 5.24. The van der Waals surface area contributed by atoms with E-state index in [0.29, 0.717) is 11.6 Å². The summed E-state index contributed by atoms with van der Waals surface area (Å²) in [7, 11) is 0. The van der Waals surface area contributed by atoms with E-state index in [4.69, 9.17) is 5.73 Å². The zero-order valence-electron chi connectivity index (χ0n) is 9.59. The molecule has 0 unspecified atom stereocenters. The SMILES string of the molecule is CCCCC#Cc1c(C)nc(C)nc1N. The molecule has 0 radical (unpaired) electrons.